The van der Waals surface area contributed by atoms with Crippen LogP contribution in [0, 0.1) is 5.92 Å². The van der Waals surface area contributed by atoms with Gasteiger partial charge < -0.3 is 4.74 Å². The number of carbonyl (C=O) groups excluding carboxylic acids is 1. The maximum absolute atomic E-state index is 12.5. The number of rotatable bonds is 5. The van der Waals surface area contributed by atoms with Gasteiger partial charge in [-0.05, 0) is 73.8 Å². The number of anilines is 1. The van der Waals surface area contributed by atoms with E-state index in [1.165, 1.54) is 42.8 Å². The highest BCUT2D eigenvalue weighted by Crippen LogP contribution is 2.28. The van der Waals surface area contributed by atoms with Gasteiger partial charge in [-0.25, -0.2) is 4.98 Å². The smallest absolute Gasteiger partial charge is 0.257 e. The molecule has 6 heteroatoms. The minimum atomic E-state index is -0.163. The van der Waals surface area contributed by atoms with Crippen molar-refractivity contribution >= 4 is 32.6 Å². The molecule has 1 amide bonds. The van der Waals surface area contributed by atoms with E-state index in [1.807, 2.05) is 0 Å². The van der Waals surface area contributed by atoms with Gasteiger partial charge in [-0.3, -0.25) is 15.0 Å². The highest BCUT2D eigenvalue weighted by molar-refractivity contribution is 7.22. The number of nitrogens with one attached hydrogen (secondary N) is 1. The topological polar surface area (TPSA) is 54.5 Å². The molecule has 1 saturated heterocycles. The van der Waals surface area contributed by atoms with Gasteiger partial charge in [-0.15, -0.1) is 0 Å². The Morgan fingerprint density at radius 1 is 1.21 bits per heavy atom. The van der Waals surface area contributed by atoms with E-state index in [-0.39, 0.29) is 5.91 Å². The van der Waals surface area contributed by atoms with E-state index in [2.05, 4.69) is 40.3 Å². The number of piperidine rings is 1. The highest BCUT2D eigenvalue weighted by atomic mass is 32.1. The number of ether oxygens (including phenoxy) is 1. The summed E-state index contributed by atoms with van der Waals surface area (Å²) in [5.74, 6) is 1.41. The largest absolute Gasteiger partial charge is 0.497 e. The second kappa shape index (κ2) is 8.29. The summed E-state index contributed by atoms with van der Waals surface area (Å²) in [7, 11) is 1.61. The molecular weight excluding hydrogens is 370 g/mol. The Morgan fingerprint density at radius 3 is 2.68 bits per heavy atom. The Labute approximate surface area is 169 Å². The Kier molecular flexibility index (Phi) is 5.59. The van der Waals surface area contributed by atoms with Gasteiger partial charge in [0.1, 0.15) is 5.75 Å². The first-order valence-corrected chi connectivity index (χ1v) is 10.5. The van der Waals surface area contributed by atoms with Gasteiger partial charge in [0.05, 0.1) is 17.3 Å². The molecule has 2 heterocycles. The first-order valence-electron chi connectivity index (χ1n) is 9.68. The average molecular weight is 396 g/mol. The molecule has 0 radical (unpaired) electrons. The summed E-state index contributed by atoms with van der Waals surface area (Å²) in [5, 5.41) is 3.53. The average Bonchev–Trinajstić information content (AvgIpc) is 3.11. The second-order valence-corrected chi connectivity index (χ2v) is 8.49. The summed E-state index contributed by atoms with van der Waals surface area (Å²) in [4.78, 5) is 19.5. The zero-order valence-electron chi connectivity index (χ0n) is 16.3. The molecule has 4 rings (SSSR count). The fraction of sp³-hybridized carbons (Fsp3) is 0.364. The first-order chi connectivity index (χ1) is 13.6. The maximum atomic E-state index is 12.5. The van der Waals surface area contributed by atoms with Crippen molar-refractivity contribution in [3.8, 4) is 5.75 Å². The van der Waals surface area contributed by atoms with Crippen LogP contribution in [0.25, 0.3) is 10.2 Å². The van der Waals surface area contributed by atoms with Crippen LogP contribution >= 0.6 is 11.3 Å². The molecule has 1 aliphatic rings. The number of thiazole rings is 1. The van der Waals surface area contributed by atoms with Crippen LogP contribution in [0.5, 0.6) is 5.75 Å². The molecule has 0 unspecified atom stereocenters. The minimum Gasteiger partial charge on any atom is -0.497 e. The van der Waals surface area contributed by atoms with Crippen molar-refractivity contribution in [2.75, 3.05) is 25.5 Å². The lowest BCUT2D eigenvalue weighted by atomic mass is 9.99. The van der Waals surface area contributed by atoms with Crippen molar-refractivity contribution < 1.29 is 9.53 Å². The maximum Gasteiger partial charge on any atom is 0.257 e. The van der Waals surface area contributed by atoms with Crippen molar-refractivity contribution in [2.24, 2.45) is 5.92 Å². The molecular formula is C22H25N3O2S. The molecule has 5 nitrogen and oxygen atoms in total. The molecule has 0 saturated carbocycles. The van der Waals surface area contributed by atoms with Gasteiger partial charge in [0.15, 0.2) is 5.13 Å². The Morgan fingerprint density at radius 2 is 1.96 bits per heavy atom. The molecule has 28 heavy (non-hydrogen) atoms. The summed E-state index contributed by atoms with van der Waals surface area (Å²) in [6.45, 7) is 5.66. The predicted octanol–water partition coefficient (Wildman–Crippen LogP) is 4.79. The van der Waals surface area contributed by atoms with E-state index in [9.17, 15) is 4.79 Å². The van der Waals surface area contributed by atoms with Crippen molar-refractivity contribution in [2.45, 2.75) is 26.3 Å². The molecule has 2 aromatic carbocycles. The van der Waals surface area contributed by atoms with E-state index >= 15 is 0 Å². The fourth-order valence-corrected chi connectivity index (χ4v) is 4.44. The quantitative estimate of drug-likeness (QED) is 0.675. The number of aromatic nitrogens is 1. The van der Waals surface area contributed by atoms with Crippen LogP contribution in [0.4, 0.5) is 5.13 Å². The third kappa shape index (κ3) is 4.34. The number of carbonyl (C=O) groups is 1. The summed E-state index contributed by atoms with van der Waals surface area (Å²) >= 11 is 1.52. The van der Waals surface area contributed by atoms with Crippen molar-refractivity contribution in [1.82, 2.24) is 9.88 Å². The summed E-state index contributed by atoms with van der Waals surface area (Å²) in [6.07, 6.45) is 2.56. The molecule has 1 aromatic heterocycles. The number of methoxy groups -OCH3 is 1. The van der Waals surface area contributed by atoms with Crippen LogP contribution in [0.2, 0.25) is 0 Å². The van der Waals surface area contributed by atoms with Gasteiger partial charge in [0, 0.05) is 12.1 Å². The summed E-state index contributed by atoms with van der Waals surface area (Å²) < 4.78 is 6.24. The van der Waals surface area contributed by atoms with Crippen molar-refractivity contribution in [1.29, 1.82) is 0 Å². The number of hydrogen-bond acceptors (Lipinski definition) is 5. The number of fused-ring (bicyclic) bond motifs is 1. The van der Waals surface area contributed by atoms with E-state index in [0.29, 0.717) is 10.7 Å². The van der Waals surface area contributed by atoms with Crippen LogP contribution in [0.15, 0.2) is 42.5 Å². The molecule has 0 bridgehead atoms. The van der Waals surface area contributed by atoms with E-state index in [1.54, 1.807) is 31.4 Å². The zero-order valence-corrected chi connectivity index (χ0v) is 17.1. The molecule has 146 valence electrons. The Bertz CT molecular complexity index is 960. The Hall–Kier alpha value is -2.44. The van der Waals surface area contributed by atoms with Gasteiger partial charge in [-0.1, -0.05) is 24.3 Å². The molecule has 0 atom stereocenters. The molecule has 3 aromatic rings. The normalized spacial score (nSPS) is 15.6. The Balaban J connectivity index is 1.44. The molecule has 1 fully saturated rings. The van der Waals surface area contributed by atoms with Gasteiger partial charge in [0.2, 0.25) is 0 Å². The lowest BCUT2D eigenvalue weighted by Gasteiger charge is -2.30. The first kappa shape index (κ1) is 18.9. The fourth-order valence-electron chi connectivity index (χ4n) is 3.51. The van der Waals surface area contributed by atoms with Crippen molar-refractivity contribution in [3.05, 3.63) is 53.6 Å². The highest BCUT2D eigenvalue weighted by Gasteiger charge is 2.16. The number of nitrogens with zero attached hydrogens (tertiary/aromatic N) is 2. The third-order valence-electron chi connectivity index (χ3n) is 5.31. The van der Waals surface area contributed by atoms with Crippen LogP contribution in [0.3, 0.4) is 0 Å². The number of amides is 1. The lowest BCUT2D eigenvalue weighted by Crippen LogP contribution is -2.32. The van der Waals surface area contributed by atoms with Crippen LogP contribution in [0.1, 0.15) is 35.7 Å². The zero-order chi connectivity index (χ0) is 19.5. The van der Waals surface area contributed by atoms with E-state index in [0.717, 1.165) is 28.4 Å². The molecule has 1 N–H and O–H groups in total. The van der Waals surface area contributed by atoms with Gasteiger partial charge in [-0.2, -0.15) is 0 Å². The van der Waals surface area contributed by atoms with Crippen LogP contribution in [-0.2, 0) is 6.54 Å². The lowest BCUT2D eigenvalue weighted by molar-refractivity contribution is 0.102. The van der Waals surface area contributed by atoms with E-state index < -0.39 is 0 Å². The summed E-state index contributed by atoms with van der Waals surface area (Å²) in [6, 6.07) is 13.5. The number of benzene rings is 2. The SMILES string of the molecule is COc1ccc(C(=O)Nc2nc3ccc(CN4CCC(C)CC4)cc3s2)cc1. The number of hydrogen-bond donors (Lipinski definition) is 1. The minimum absolute atomic E-state index is 0.163. The van der Waals surface area contributed by atoms with Crippen molar-refractivity contribution in [3.63, 3.8) is 0 Å². The monoisotopic (exact) mass is 395 g/mol. The molecule has 1 aliphatic heterocycles. The van der Waals surface area contributed by atoms with Crippen LogP contribution in [-0.4, -0.2) is 36.0 Å². The summed E-state index contributed by atoms with van der Waals surface area (Å²) in [5.41, 5.74) is 2.81. The second-order valence-electron chi connectivity index (χ2n) is 7.46. The number of likely N-dealkylation sites (tertiary alicyclic amines) is 1. The van der Waals surface area contributed by atoms with Crippen LogP contribution < -0.4 is 10.1 Å². The van der Waals surface area contributed by atoms with Gasteiger partial charge >= 0.3 is 0 Å². The third-order valence-corrected chi connectivity index (χ3v) is 6.24. The standard InChI is InChI=1S/C22H25N3O2S/c1-15-9-11-25(12-10-15)14-16-3-8-19-20(13-16)28-22(23-19)24-21(26)17-4-6-18(27-2)7-5-17/h3-8,13,15H,9-12,14H2,1-2H3,(H,23,24,26). The predicted molar refractivity (Wildman–Crippen MR) is 114 cm³/mol. The molecule has 0 spiro atoms. The van der Waals surface area contributed by atoms with E-state index in [4.69, 9.17) is 4.74 Å². The van der Waals surface area contributed by atoms with Gasteiger partial charge in [0.25, 0.3) is 5.91 Å². The molecule has 0 aliphatic carbocycles.